The van der Waals surface area contributed by atoms with Crippen molar-refractivity contribution >= 4 is 10.0 Å². The molecule has 25 heavy (non-hydrogen) atoms. The monoisotopic (exact) mass is 368 g/mol. The van der Waals surface area contributed by atoms with Gasteiger partial charge in [-0.2, -0.15) is 4.31 Å². The van der Waals surface area contributed by atoms with E-state index >= 15 is 0 Å². The quantitative estimate of drug-likeness (QED) is 0.816. The molecular weight excluding hydrogens is 346 g/mol. The Bertz CT molecular complexity index is 821. The molecule has 7 heteroatoms. The standard InChI is InChI=1S/C18H22F2N2O2S/c1-13(2)22(3)25(23,24)17-7-4-14(5-8-17)11-21-12-15-10-16(19)6-9-18(15)20/h4-10,13,21H,11-12H2,1-3H3. The lowest BCUT2D eigenvalue weighted by molar-refractivity contribution is 0.410. The molecule has 0 fully saturated rings. The van der Waals surface area contributed by atoms with Crippen molar-refractivity contribution < 1.29 is 17.2 Å². The Morgan fingerprint density at radius 3 is 2.28 bits per heavy atom. The van der Waals surface area contributed by atoms with E-state index in [-0.39, 0.29) is 23.0 Å². The minimum Gasteiger partial charge on any atom is -0.309 e. The van der Waals surface area contributed by atoms with E-state index in [0.29, 0.717) is 6.54 Å². The Balaban J connectivity index is 2.00. The normalized spacial score (nSPS) is 12.1. The lowest BCUT2D eigenvalue weighted by Gasteiger charge is -2.21. The van der Waals surface area contributed by atoms with Gasteiger partial charge in [0.2, 0.25) is 10.0 Å². The molecule has 2 aromatic carbocycles. The zero-order valence-electron chi connectivity index (χ0n) is 14.5. The first-order chi connectivity index (χ1) is 11.7. The van der Waals surface area contributed by atoms with Crippen molar-refractivity contribution in [2.45, 2.75) is 37.9 Å². The molecule has 0 aromatic heterocycles. The van der Waals surface area contributed by atoms with Crippen LogP contribution in [0.25, 0.3) is 0 Å². The molecule has 136 valence electrons. The van der Waals surface area contributed by atoms with Crippen LogP contribution < -0.4 is 5.32 Å². The maximum atomic E-state index is 13.5. The van der Waals surface area contributed by atoms with Gasteiger partial charge in [0.15, 0.2) is 0 Å². The van der Waals surface area contributed by atoms with Crippen molar-refractivity contribution in [3.05, 3.63) is 65.2 Å². The van der Waals surface area contributed by atoms with E-state index < -0.39 is 21.7 Å². The molecule has 2 rings (SSSR count). The number of benzene rings is 2. The van der Waals surface area contributed by atoms with Gasteiger partial charge in [-0.25, -0.2) is 17.2 Å². The topological polar surface area (TPSA) is 49.4 Å². The van der Waals surface area contributed by atoms with Crippen LogP contribution in [0, 0.1) is 11.6 Å². The highest BCUT2D eigenvalue weighted by Gasteiger charge is 2.22. The predicted molar refractivity (Wildman–Crippen MR) is 93.4 cm³/mol. The van der Waals surface area contributed by atoms with E-state index in [9.17, 15) is 17.2 Å². The third kappa shape index (κ3) is 4.84. The molecule has 0 spiro atoms. The van der Waals surface area contributed by atoms with E-state index in [4.69, 9.17) is 0 Å². The number of nitrogens with one attached hydrogen (secondary N) is 1. The highest BCUT2D eigenvalue weighted by atomic mass is 32.2. The van der Waals surface area contributed by atoms with Crippen molar-refractivity contribution in [2.75, 3.05) is 7.05 Å². The van der Waals surface area contributed by atoms with Gasteiger partial charge in [-0.3, -0.25) is 0 Å². The number of halogens is 2. The molecule has 0 unspecified atom stereocenters. The van der Waals surface area contributed by atoms with Gasteiger partial charge in [0.05, 0.1) is 4.90 Å². The summed E-state index contributed by atoms with van der Waals surface area (Å²) in [7, 11) is -1.96. The van der Waals surface area contributed by atoms with Crippen LogP contribution in [0.5, 0.6) is 0 Å². The van der Waals surface area contributed by atoms with Crippen molar-refractivity contribution in [3.63, 3.8) is 0 Å². The number of sulfonamides is 1. The summed E-state index contributed by atoms with van der Waals surface area (Å²) in [5.74, 6) is -0.950. The highest BCUT2D eigenvalue weighted by molar-refractivity contribution is 7.89. The fourth-order valence-corrected chi connectivity index (χ4v) is 3.61. The SMILES string of the molecule is CC(C)N(C)S(=O)(=O)c1ccc(CNCc2cc(F)ccc2F)cc1. The molecule has 0 saturated carbocycles. The van der Waals surface area contributed by atoms with Crippen LogP contribution in [0.1, 0.15) is 25.0 Å². The van der Waals surface area contributed by atoms with E-state index in [1.54, 1.807) is 45.2 Å². The maximum absolute atomic E-state index is 13.5. The van der Waals surface area contributed by atoms with Crippen LogP contribution in [0.2, 0.25) is 0 Å². The molecular formula is C18H22F2N2O2S. The second-order valence-corrected chi connectivity index (χ2v) is 8.10. The van der Waals surface area contributed by atoms with Gasteiger partial charge < -0.3 is 5.32 Å². The summed E-state index contributed by atoms with van der Waals surface area (Å²) < 4.78 is 52.7. The van der Waals surface area contributed by atoms with Crippen LogP contribution in [0.4, 0.5) is 8.78 Å². The number of nitrogens with zero attached hydrogens (tertiary/aromatic N) is 1. The van der Waals surface area contributed by atoms with Crippen molar-refractivity contribution in [2.24, 2.45) is 0 Å². The Morgan fingerprint density at radius 1 is 1.04 bits per heavy atom. The zero-order chi connectivity index (χ0) is 18.6. The first-order valence-corrected chi connectivity index (χ1v) is 9.37. The Kier molecular flexibility index (Phi) is 6.26. The summed E-state index contributed by atoms with van der Waals surface area (Å²) in [5.41, 5.74) is 1.10. The summed E-state index contributed by atoms with van der Waals surface area (Å²) in [6, 6.07) is 9.70. The van der Waals surface area contributed by atoms with Gasteiger partial charge in [0.1, 0.15) is 11.6 Å². The molecule has 0 amide bonds. The van der Waals surface area contributed by atoms with Gasteiger partial charge in [-0.1, -0.05) is 12.1 Å². The van der Waals surface area contributed by atoms with E-state index in [0.717, 1.165) is 23.8 Å². The largest absolute Gasteiger partial charge is 0.309 e. The number of hydrogen-bond acceptors (Lipinski definition) is 3. The average Bonchev–Trinajstić information content (AvgIpc) is 2.57. The Hall–Kier alpha value is -1.83. The van der Waals surface area contributed by atoms with Crippen molar-refractivity contribution in [3.8, 4) is 0 Å². The van der Waals surface area contributed by atoms with Crippen molar-refractivity contribution in [1.82, 2.24) is 9.62 Å². The Morgan fingerprint density at radius 2 is 1.68 bits per heavy atom. The number of hydrogen-bond donors (Lipinski definition) is 1. The molecule has 0 aliphatic rings. The summed E-state index contributed by atoms with van der Waals surface area (Å²) in [4.78, 5) is 0.226. The summed E-state index contributed by atoms with van der Waals surface area (Å²) in [6.45, 7) is 4.21. The predicted octanol–water partition coefficient (Wildman–Crippen LogP) is 3.28. The first-order valence-electron chi connectivity index (χ1n) is 7.93. The van der Waals surface area contributed by atoms with Gasteiger partial charge in [0.25, 0.3) is 0 Å². The Labute approximate surface area is 147 Å². The van der Waals surface area contributed by atoms with Crippen molar-refractivity contribution in [1.29, 1.82) is 0 Å². The maximum Gasteiger partial charge on any atom is 0.243 e. The van der Waals surface area contributed by atoms with E-state index in [2.05, 4.69) is 5.32 Å². The van der Waals surface area contributed by atoms with E-state index in [1.165, 1.54) is 4.31 Å². The van der Waals surface area contributed by atoms with Gasteiger partial charge in [-0.15, -0.1) is 0 Å². The van der Waals surface area contributed by atoms with Gasteiger partial charge >= 0.3 is 0 Å². The van der Waals surface area contributed by atoms with Crippen LogP contribution in [0.15, 0.2) is 47.4 Å². The minimum atomic E-state index is -3.51. The lowest BCUT2D eigenvalue weighted by Crippen LogP contribution is -2.33. The first kappa shape index (κ1) is 19.5. The molecule has 0 aliphatic heterocycles. The van der Waals surface area contributed by atoms with Gasteiger partial charge in [0, 0.05) is 31.7 Å². The molecule has 0 heterocycles. The van der Waals surface area contributed by atoms with Crippen LogP contribution in [0.3, 0.4) is 0 Å². The molecule has 0 saturated heterocycles. The summed E-state index contributed by atoms with van der Waals surface area (Å²) >= 11 is 0. The highest BCUT2D eigenvalue weighted by Crippen LogP contribution is 2.17. The summed E-state index contributed by atoms with van der Waals surface area (Å²) in [5, 5.41) is 3.02. The van der Waals surface area contributed by atoms with Crippen LogP contribution in [-0.4, -0.2) is 25.8 Å². The second-order valence-electron chi connectivity index (χ2n) is 6.10. The lowest BCUT2D eigenvalue weighted by atomic mass is 10.2. The van der Waals surface area contributed by atoms with Crippen LogP contribution in [-0.2, 0) is 23.1 Å². The van der Waals surface area contributed by atoms with Gasteiger partial charge in [-0.05, 0) is 49.7 Å². The molecule has 2 aromatic rings. The molecule has 1 N–H and O–H groups in total. The average molecular weight is 368 g/mol. The fourth-order valence-electron chi connectivity index (χ4n) is 2.24. The molecule has 0 atom stereocenters. The molecule has 4 nitrogen and oxygen atoms in total. The molecule has 0 bridgehead atoms. The van der Waals surface area contributed by atoms with Crippen LogP contribution >= 0.6 is 0 Å². The summed E-state index contributed by atoms with van der Waals surface area (Å²) in [6.07, 6.45) is 0. The molecule has 0 aliphatic carbocycles. The smallest absolute Gasteiger partial charge is 0.243 e. The van der Waals surface area contributed by atoms with E-state index in [1.807, 2.05) is 0 Å². The third-order valence-electron chi connectivity index (χ3n) is 3.98. The second kappa shape index (κ2) is 8.03. The molecule has 0 radical (unpaired) electrons. The fraction of sp³-hybridized carbons (Fsp3) is 0.333. The minimum absolute atomic E-state index is 0.132. The zero-order valence-corrected chi connectivity index (χ0v) is 15.3. The number of rotatable bonds is 7. The third-order valence-corrected chi connectivity index (χ3v) is 6.03.